The minimum Gasteiger partial charge on any atom is -0.353 e. The van der Waals surface area contributed by atoms with Gasteiger partial charge in [0.25, 0.3) is 0 Å². The summed E-state index contributed by atoms with van der Waals surface area (Å²) in [5, 5.41) is 7.48. The third-order valence-electron chi connectivity index (χ3n) is 3.54. The SMILES string of the molecule is Cc1nn(CCC(=O)NC2CCN(C)CC2)cc1I. The number of rotatable bonds is 4. The van der Waals surface area contributed by atoms with Crippen LogP contribution in [0.25, 0.3) is 0 Å². The van der Waals surface area contributed by atoms with Gasteiger partial charge in [-0.15, -0.1) is 0 Å². The predicted molar refractivity (Wildman–Crippen MR) is 83.0 cm³/mol. The van der Waals surface area contributed by atoms with E-state index in [4.69, 9.17) is 0 Å². The summed E-state index contributed by atoms with van der Waals surface area (Å²) in [7, 11) is 2.12. The monoisotopic (exact) mass is 376 g/mol. The van der Waals surface area contributed by atoms with Gasteiger partial charge in [0, 0.05) is 25.2 Å². The number of aryl methyl sites for hydroxylation is 2. The molecule has 5 nitrogen and oxygen atoms in total. The van der Waals surface area contributed by atoms with Crippen LogP contribution in [0.5, 0.6) is 0 Å². The number of nitrogens with zero attached hydrogens (tertiary/aromatic N) is 3. The molecule has 0 spiro atoms. The van der Waals surface area contributed by atoms with Crippen molar-refractivity contribution in [3.05, 3.63) is 15.5 Å². The second-order valence-electron chi connectivity index (χ2n) is 5.22. The van der Waals surface area contributed by atoms with Crippen LogP contribution in [0.4, 0.5) is 0 Å². The summed E-state index contributed by atoms with van der Waals surface area (Å²) in [6.45, 7) is 4.78. The summed E-state index contributed by atoms with van der Waals surface area (Å²) in [5.74, 6) is 0.137. The number of halogens is 1. The van der Waals surface area contributed by atoms with Gasteiger partial charge in [0.05, 0.1) is 9.26 Å². The smallest absolute Gasteiger partial charge is 0.222 e. The van der Waals surface area contributed by atoms with Gasteiger partial charge in [-0.3, -0.25) is 9.48 Å². The molecule has 19 heavy (non-hydrogen) atoms. The van der Waals surface area contributed by atoms with Crippen molar-refractivity contribution in [1.29, 1.82) is 0 Å². The number of piperidine rings is 1. The Balaban J connectivity index is 1.72. The van der Waals surface area contributed by atoms with Crippen molar-refractivity contribution in [2.75, 3.05) is 20.1 Å². The molecular formula is C13H21IN4O. The van der Waals surface area contributed by atoms with Crippen molar-refractivity contribution in [1.82, 2.24) is 20.0 Å². The van der Waals surface area contributed by atoms with Crippen LogP contribution in [0.1, 0.15) is 25.0 Å². The molecule has 2 rings (SSSR count). The Labute approximate surface area is 127 Å². The molecule has 6 heteroatoms. The minimum atomic E-state index is 0.137. The van der Waals surface area contributed by atoms with E-state index in [1.165, 1.54) is 0 Å². The lowest BCUT2D eigenvalue weighted by Gasteiger charge is -2.29. The number of hydrogen-bond acceptors (Lipinski definition) is 3. The van der Waals surface area contributed by atoms with Crippen molar-refractivity contribution < 1.29 is 4.79 Å². The first-order valence-corrected chi connectivity index (χ1v) is 7.80. The zero-order chi connectivity index (χ0) is 13.8. The molecule has 0 aromatic carbocycles. The van der Waals surface area contributed by atoms with Gasteiger partial charge < -0.3 is 10.2 Å². The van der Waals surface area contributed by atoms with Crippen molar-refractivity contribution in [2.24, 2.45) is 0 Å². The number of carbonyl (C=O) groups excluding carboxylic acids is 1. The van der Waals surface area contributed by atoms with E-state index >= 15 is 0 Å². The maximum Gasteiger partial charge on any atom is 0.222 e. The van der Waals surface area contributed by atoms with Gasteiger partial charge in [0.1, 0.15) is 0 Å². The summed E-state index contributed by atoms with van der Waals surface area (Å²) in [6, 6.07) is 0.350. The summed E-state index contributed by atoms with van der Waals surface area (Å²) in [4.78, 5) is 14.2. The highest BCUT2D eigenvalue weighted by molar-refractivity contribution is 14.1. The van der Waals surface area contributed by atoms with E-state index in [0.717, 1.165) is 35.2 Å². The van der Waals surface area contributed by atoms with E-state index in [1.54, 1.807) is 0 Å². The first kappa shape index (κ1) is 14.8. The topological polar surface area (TPSA) is 50.2 Å². The molecule has 0 radical (unpaired) electrons. The first-order valence-electron chi connectivity index (χ1n) is 6.72. The number of carbonyl (C=O) groups is 1. The molecule has 1 aliphatic heterocycles. The number of amides is 1. The Bertz CT molecular complexity index is 418. The number of hydrogen-bond donors (Lipinski definition) is 1. The second kappa shape index (κ2) is 6.69. The molecule has 0 unspecified atom stereocenters. The van der Waals surface area contributed by atoms with E-state index in [2.05, 4.69) is 45.0 Å². The van der Waals surface area contributed by atoms with Crippen molar-refractivity contribution in [3.8, 4) is 0 Å². The van der Waals surface area contributed by atoms with Crippen LogP contribution in [-0.2, 0) is 11.3 Å². The van der Waals surface area contributed by atoms with Crippen LogP contribution in [0.2, 0.25) is 0 Å². The molecule has 0 bridgehead atoms. The van der Waals surface area contributed by atoms with Gasteiger partial charge in [-0.2, -0.15) is 5.10 Å². The van der Waals surface area contributed by atoms with Crippen LogP contribution in [0, 0.1) is 10.5 Å². The highest BCUT2D eigenvalue weighted by atomic mass is 127. The lowest BCUT2D eigenvalue weighted by molar-refractivity contribution is -0.122. The fourth-order valence-corrected chi connectivity index (χ4v) is 2.71. The highest BCUT2D eigenvalue weighted by Gasteiger charge is 2.18. The highest BCUT2D eigenvalue weighted by Crippen LogP contribution is 2.10. The minimum absolute atomic E-state index is 0.137. The lowest BCUT2D eigenvalue weighted by atomic mass is 10.1. The largest absolute Gasteiger partial charge is 0.353 e. The van der Waals surface area contributed by atoms with E-state index < -0.39 is 0 Å². The zero-order valence-corrected chi connectivity index (χ0v) is 13.7. The quantitative estimate of drug-likeness (QED) is 0.809. The average molecular weight is 376 g/mol. The molecule has 1 aliphatic rings. The fraction of sp³-hybridized carbons (Fsp3) is 0.692. The molecule has 1 N–H and O–H groups in total. The Kier molecular flexibility index (Phi) is 5.20. The molecule has 1 aromatic rings. The van der Waals surface area contributed by atoms with Gasteiger partial charge in [0.2, 0.25) is 5.91 Å². The van der Waals surface area contributed by atoms with E-state index in [9.17, 15) is 4.79 Å². The molecule has 2 heterocycles. The van der Waals surface area contributed by atoms with Gasteiger partial charge in [-0.1, -0.05) is 0 Å². The molecule has 1 fully saturated rings. The summed E-state index contributed by atoms with van der Waals surface area (Å²) < 4.78 is 3.00. The van der Waals surface area contributed by atoms with Crippen molar-refractivity contribution in [2.45, 2.75) is 38.8 Å². The van der Waals surface area contributed by atoms with Gasteiger partial charge in [-0.05, 0) is 62.5 Å². The summed E-state index contributed by atoms with van der Waals surface area (Å²) in [5.41, 5.74) is 1.02. The van der Waals surface area contributed by atoms with Crippen LogP contribution in [0.3, 0.4) is 0 Å². The molecule has 1 amide bonds. The van der Waals surface area contributed by atoms with E-state index in [-0.39, 0.29) is 5.91 Å². The summed E-state index contributed by atoms with van der Waals surface area (Å²) >= 11 is 2.26. The fourth-order valence-electron chi connectivity index (χ4n) is 2.28. The Morgan fingerprint density at radius 1 is 1.53 bits per heavy atom. The van der Waals surface area contributed by atoms with E-state index in [1.807, 2.05) is 17.8 Å². The normalized spacial score (nSPS) is 17.6. The zero-order valence-electron chi connectivity index (χ0n) is 11.5. The lowest BCUT2D eigenvalue weighted by Crippen LogP contribution is -2.43. The molecule has 1 aromatic heterocycles. The Morgan fingerprint density at radius 3 is 2.79 bits per heavy atom. The van der Waals surface area contributed by atoms with E-state index in [0.29, 0.717) is 19.0 Å². The van der Waals surface area contributed by atoms with Crippen LogP contribution in [-0.4, -0.2) is 46.8 Å². The third-order valence-corrected chi connectivity index (χ3v) is 4.60. The van der Waals surface area contributed by atoms with Crippen molar-refractivity contribution >= 4 is 28.5 Å². The van der Waals surface area contributed by atoms with Crippen LogP contribution in [0.15, 0.2) is 6.20 Å². The molecule has 1 saturated heterocycles. The Morgan fingerprint density at radius 2 is 2.21 bits per heavy atom. The average Bonchev–Trinajstić information content (AvgIpc) is 2.69. The maximum atomic E-state index is 11.9. The first-order chi connectivity index (χ1) is 9.04. The number of likely N-dealkylation sites (tertiary alicyclic amines) is 1. The number of aromatic nitrogens is 2. The Hall–Kier alpha value is -0.630. The van der Waals surface area contributed by atoms with Gasteiger partial charge in [-0.25, -0.2) is 0 Å². The molecule has 106 valence electrons. The van der Waals surface area contributed by atoms with Gasteiger partial charge >= 0.3 is 0 Å². The molecule has 0 saturated carbocycles. The van der Waals surface area contributed by atoms with Crippen LogP contribution < -0.4 is 5.32 Å². The molecular weight excluding hydrogens is 355 g/mol. The standard InChI is InChI=1S/C13H21IN4O/c1-10-12(14)9-18(16-10)8-5-13(19)15-11-3-6-17(2)7-4-11/h9,11H,3-8H2,1-2H3,(H,15,19). The predicted octanol–water partition coefficient (Wildman–Crippen LogP) is 1.40. The summed E-state index contributed by atoms with van der Waals surface area (Å²) in [6.07, 6.45) is 4.60. The number of nitrogens with one attached hydrogen (secondary N) is 1. The van der Waals surface area contributed by atoms with Crippen molar-refractivity contribution in [3.63, 3.8) is 0 Å². The molecule has 0 aliphatic carbocycles. The van der Waals surface area contributed by atoms with Crippen LogP contribution >= 0.6 is 22.6 Å². The third kappa shape index (κ3) is 4.45. The molecule has 0 atom stereocenters. The second-order valence-corrected chi connectivity index (χ2v) is 6.38. The maximum absolute atomic E-state index is 11.9. The van der Waals surface area contributed by atoms with Gasteiger partial charge in [0.15, 0.2) is 0 Å².